The van der Waals surface area contributed by atoms with Crippen LogP contribution in [0.2, 0.25) is 0 Å². The Morgan fingerprint density at radius 2 is 1.39 bits per heavy atom. The fraction of sp³-hybridized carbons (Fsp3) is 0.400. The molecular formula is C25H33NO2. The van der Waals surface area contributed by atoms with Crippen LogP contribution in [0.1, 0.15) is 37.3 Å². The van der Waals surface area contributed by atoms with Crippen LogP contribution in [0.4, 0.5) is 0 Å². The van der Waals surface area contributed by atoms with Crippen molar-refractivity contribution in [3.63, 3.8) is 0 Å². The first-order chi connectivity index (χ1) is 13.8. The third kappa shape index (κ3) is 8.20. The van der Waals surface area contributed by atoms with Gasteiger partial charge in [-0.25, -0.2) is 0 Å². The summed E-state index contributed by atoms with van der Waals surface area (Å²) in [4.78, 5) is 4.52. The summed E-state index contributed by atoms with van der Waals surface area (Å²) in [7, 11) is 0. The first kappa shape index (κ1) is 22.1. The van der Waals surface area contributed by atoms with Gasteiger partial charge < -0.3 is 9.47 Å². The van der Waals surface area contributed by atoms with E-state index in [0.717, 1.165) is 25.8 Å². The summed E-state index contributed by atoms with van der Waals surface area (Å²) in [6, 6.07) is 20.5. The molecule has 0 amide bonds. The molecule has 2 aromatic carbocycles. The Kier molecular flexibility index (Phi) is 10.3. The highest BCUT2D eigenvalue weighted by atomic mass is 16.5. The van der Waals surface area contributed by atoms with E-state index >= 15 is 0 Å². The van der Waals surface area contributed by atoms with E-state index in [9.17, 15) is 0 Å². The van der Waals surface area contributed by atoms with Gasteiger partial charge in [0.2, 0.25) is 0 Å². The molecule has 3 nitrogen and oxygen atoms in total. The second-order valence-electron chi connectivity index (χ2n) is 7.24. The van der Waals surface area contributed by atoms with E-state index < -0.39 is 0 Å². The minimum atomic E-state index is -0.150. The zero-order valence-electron chi connectivity index (χ0n) is 17.1. The molecule has 2 rings (SSSR count). The monoisotopic (exact) mass is 379 g/mol. The smallest absolute Gasteiger partial charge is 0.0717 e. The van der Waals surface area contributed by atoms with Crippen molar-refractivity contribution < 1.29 is 9.47 Å². The SMILES string of the molecule is C=CCC(CC=NCCC)(COCc1ccccc1)COCc1ccccc1. The fourth-order valence-corrected chi connectivity index (χ4v) is 3.06. The molecule has 3 heteroatoms. The molecule has 0 fully saturated rings. The molecule has 0 saturated carbocycles. The van der Waals surface area contributed by atoms with Crippen molar-refractivity contribution in [2.24, 2.45) is 10.4 Å². The minimum absolute atomic E-state index is 0.150. The molecule has 0 saturated heterocycles. The maximum atomic E-state index is 6.11. The van der Waals surface area contributed by atoms with E-state index in [2.05, 4.69) is 42.8 Å². The molecule has 0 aromatic heterocycles. The number of benzene rings is 2. The predicted octanol–water partition coefficient (Wildman–Crippen LogP) is 5.85. The van der Waals surface area contributed by atoms with Crippen LogP contribution in [0, 0.1) is 5.41 Å². The molecule has 0 atom stereocenters. The van der Waals surface area contributed by atoms with Crippen molar-refractivity contribution in [1.29, 1.82) is 0 Å². The number of hydrogen-bond donors (Lipinski definition) is 0. The number of hydrogen-bond acceptors (Lipinski definition) is 3. The third-order valence-corrected chi connectivity index (χ3v) is 4.62. The Morgan fingerprint density at radius 1 is 0.857 bits per heavy atom. The van der Waals surface area contributed by atoms with E-state index in [-0.39, 0.29) is 5.41 Å². The minimum Gasteiger partial charge on any atom is -0.376 e. The zero-order chi connectivity index (χ0) is 19.9. The van der Waals surface area contributed by atoms with Gasteiger partial charge in [0, 0.05) is 12.0 Å². The van der Waals surface area contributed by atoms with E-state index in [0.29, 0.717) is 26.4 Å². The molecule has 0 unspecified atom stereocenters. The first-order valence-electron chi connectivity index (χ1n) is 10.1. The molecule has 0 N–H and O–H groups in total. The van der Waals surface area contributed by atoms with Gasteiger partial charge in [0.05, 0.1) is 26.4 Å². The van der Waals surface area contributed by atoms with Gasteiger partial charge in [0.25, 0.3) is 0 Å². The highest BCUT2D eigenvalue weighted by Crippen LogP contribution is 2.28. The number of nitrogens with zero attached hydrogens (tertiary/aromatic N) is 1. The van der Waals surface area contributed by atoms with E-state index in [4.69, 9.17) is 9.47 Å². The fourth-order valence-electron chi connectivity index (χ4n) is 3.06. The summed E-state index contributed by atoms with van der Waals surface area (Å²) in [5, 5.41) is 0. The highest BCUT2D eigenvalue weighted by Gasteiger charge is 2.29. The average molecular weight is 380 g/mol. The molecule has 0 spiro atoms. The Labute approximate surface area is 170 Å². The Bertz CT molecular complexity index is 637. The van der Waals surface area contributed by atoms with Crippen molar-refractivity contribution in [2.75, 3.05) is 19.8 Å². The van der Waals surface area contributed by atoms with E-state index in [1.54, 1.807) is 0 Å². The van der Waals surface area contributed by atoms with Crippen LogP contribution in [0.15, 0.2) is 78.3 Å². The normalized spacial score (nSPS) is 11.8. The van der Waals surface area contributed by atoms with Crippen LogP contribution in [0.3, 0.4) is 0 Å². The first-order valence-corrected chi connectivity index (χ1v) is 10.1. The number of aliphatic imine (C=N–C) groups is 1. The highest BCUT2D eigenvalue weighted by molar-refractivity contribution is 5.58. The van der Waals surface area contributed by atoms with Gasteiger partial charge >= 0.3 is 0 Å². The number of rotatable bonds is 14. The van der Waals surface area contributed by atoms with E-state index in [1.165, 1.54) is 11.1 Å². The molecule has 0 aliphatic heterocycles. The summed E-state index contributed by atoms with van der Waals surface area (Å²) >= 11 is 0. The van der Waals surface area contributed by atoms with Crippen LogP contribution in [0.25, 0.3) is 0 Å². The molecule has 2 aromatic rings. The van der Waals surface area contributed by atoms with Crippen molar-refractivity contribution in [3.05, 3.63) is 84.4 Å². The largest absolute Gasteiger partial charge is 0.376 e. The summed E-state index contributed by atoms with van der Waals surface area (Å²) in [6.07, 6.45) is 6.70. The van der Waals surface area contributed by atoms with Crippen LogP contribution in [-0.4, -0.2) is 26.0 Å². The molecule has 0 aliphatic carbocycles. The summed E-state index contributed by atoms with van der Waals surface area (Å²) in [5.41, 5.74) is 2.21. The summed E-state index contributed by atoms with van der Waals surface area (Å²) < 4.78 is 12.2. The Morgan fingerprint density at radius 3 is 1.86 bits per heavy atom. The lowest BCUT2D eigenvalue weighted by atomic mass is 9.83. The molecule has 0 heterocycles. The molecule has 28 heavy (non-hydrogen) atoms. The van der Waals surface area contributed by atoms with Crippen LogP contribution >= 0.6 is 0 Å². The Balaban J connectivity index is 1.98. The Hall–Kier alpha value is -2.23. The number of ether oxygens (including phenoxy) is 2. The standard InChI is InChI=1S/C25H33NO2/c1-3-15-25(16-18-26-17-4-2,21-27-19-23-11-7-5-8-12-23)22-28-20-24-13-9-6-10-14-24/h3,5-14,18H,1,4,15-17,19-22H2,2H3. The lowest BCUT2D eigenvalue weighted by Gasteiger charge is -2.31. The van der Waals surface area contributed by atoms with Gasteiger partial charge in [-0.3, -0.25) is 4.99 Å². The van der Waals surface area contributed by atoms with Crippen molar-refractivity contribution in [1.82, 2.24) is 0 Å². The van der Waals surface area contributed by atoms with Crippen LogP contribution < -0.4 is 0 Å². The lowest BCUT2D eigenvalue weighted by Crippen LogP contribution is -2.32. The molecule has 150 valence electrons. The second kappa shape index (κ2) is 13.0. The maximum Gasteiger partial charge on any atom is 0.0717 e. The summed E-state index contributed by atoms with van der Waals surface area (Å²) in [6.45, 7) is 9.39. The van der Waals surface area contributed by atoms with Gasteiger partial charge in [0.15, 0.2) is 0 Å². The van der Waals surface area contributed by atoms with Crippen LogP contribution in [-0.2, 0) is 22.7 Å². The van der Waals surface area contributed by atoms with Gasteiger partial charge in [-0.05, 0) is 36.6 Å². The molecule has 0 radical (unpaired) electrons. The molecular weight excluding hydrogens is 346 g/mol. The van der Waals surface area contributed by atoms with E-state index in [1.807, 2.05) is 48.7 Å². The average Bonchev–Trinajstić information content (AvgIpc) is 2.73. The van der Waals surface area contributed by atoms with Gasteiger partial charge in [0.1, 0.15) is 0 Å². The maximum absolute atomic E-state index is 6.11. The zero-order valence-corrected chi connectivity index (χ0v) is 17.1. The van der Waals surface area contributed by atoms with Gasteiger partial charge in [-0.1, -0.05) is 73.7 Å². The topological polar surface area (TPSA) is 30.8 Å². The number of allylic oxidation sites excluding steroid dienone is 1. The summed E-state index contributed by atoms with van der Waals surface area (Å²) in [5.74, 6) is 0. The third-order valence-electron chi connectivity index (χ3n) is 4.62. The second-order valence-corrected chi connectivity index (χ2v) is 7.24. The van der Waals surface area contributed by atoms with Crippen molar-refractivity contribution >= 4 is 6.21 Å². The van der Waals surface area contributed by atoms with Gasteiger partial charge in [-0.2, -0.15) is 0 Å². The van der Waals surface area contributed by atoms with Crippen LogP contribution in [0.5, 0.6) is 0 Å². The molecule has 0 aliphatic rings. The molecule has 0 bridgehead atoms. The quantitative estimate of drug-likeness (QED) is 0.304. The lowest BCUT2D eigenvalue weighted by molar-refractivity contribution is -0.0277. The van der Waals surface area contributed by atoms with Crippen molar-refractivity contribution in [2.45, 2.75) is 39.4 Å². The van der Waals surface area contributed by atoms with Crippen molar-refractivity contribution in [3.8, 4) is 0 Å². The predicted molar refractivity (Wildman–Crippen MR) is 118 cm³/mol. The van der Waals surface area contributed by atoms with Gasteiger partial charge in [-0.15, -0.1) is 6.58 Å².